The largest absolute Gasteiger partial charge is 0.375 e. The molecule has 3 nitrogen and oxygen atoms in total. The second-order valence-corrected chi connectivity index (χ2v) is 2.22. The van der Waals surface area contributed by atoms with Crippen LogP contribution in [0.4, 0.5) is 0 Å². The molecule has 0 aliphatic rings. The highest BCUT2D eigenvalue weighted by Gasteiger charge is 1.86. The average Bonchev–Trinajstić information content (AvgIpc) is 1.61. The van der Waals surface area contributed by atoms with E-state index in [9.17, 15) is 4.79 Å². The zero-order chi connectivity index (χ0) is 6.57. The molecule has 0 aromatic rings. The van der Waals surface area contributed by atoms with Gasteiger partial charge < -0.3 is 10.8 Å². The first-order chi connectivity index (χ1) is 3.63. The van der Waals surface area contributed by atoms with Crippen LogP contribution in [-0.4, -0.2) is 15.1 Å². The third-order valence-electron chi connectivity index (χ3n) is 0.424. The van der Waals surface area contributed by atoms with Crippen molar-refractivity contribution in [2.45, 2.75) is 6.23 Å². The molecule has 0 amide bonds. The zero-order valence-electron chi connectivity index (χ0n) is 4.04. The molecule has 0 heterocycles. The lowest BCUT2D eigenvalue weighted by Crippen LogP contribution is -2.14. The molecule has 0 bridgehead atoms. The Labute approximate surface area is 60.7 Å². The summed E-state index contributed by atoms with van der Waals surface area (Å²) in [6.07, 6.45) is 1.41. The van der Waals surface area contributed by atoms with Crippen LogP contribution in [0, 0.1) is 0 Å². The zero-order valence-corrected chi connectivity index (χ0v) is 6.20. The first-order valence-electron chi connectivity index (χ1n) is 1.94. The number of aliphatic hydroxyl groups is 1. The summed E-state index contributed by atoms with van der Waals surface area (Å²) >= 11 is 1.58. The number of nitrogens with two attached hydrogens (primary N) is 1. The standard InChI is InChI=1S/C4H6INO2/c5-3(7)1-2-4(6)8/h1-2,4,8H,6H2/b2-1-. The Morgan fingerprint density at radius 3 is 2.50 bits per heavy atom. The van der Waals surface area contributed by atoms with Crippen molar-refractivity contribution in [1.82, 2.24) is 0 Å². The maximum absolute atomic E-state index is 10.1. The maximum atomic E-state index is 10.1. The minimum Gasteiger partial charge on any atom is -0.375 e. The van der Waals surface area contributed by atoms with E-state index in [4.69, 9.17) is 10.8 Å². The first-order valence-corrected chi connectivity index (χ1v) is 3.02. The Kier molecular flexibility index (Phi) is 4.02. The highest BCUT2D eigenvalue weighted by atomic mass is 127. The summed E-state index contributed by atoms with van der Waals surface area (Å²) < 4.78 is -0.146. The monoisotopic (exact) mass is 227 g/mol. The van der Waals surface area contributed by atoms with Crippen molar-refractivity contribution in [2.75, 3.05) is 0 Å². The van der Waals surface area contributed by atoms with E-state index in [1.807, 2.05) is 0 Å². The Bertz CT molecular complexity index is 111. The molecule has 0 saturated heterocycles. The van der Waals surface area contributed by atoms with Crippen LogP contribution in [-0.2, 0) is 4.79 Å². The van der Waals surface area contributed by atoms with E-state index in [2.05, 4.69) is 0 Å². The van der Waals surface area contributed by atoms with E-state index in [1.54, 1.807) is 22.6 Å². The number of hydrogen-bond acceptors (Lipinski definition) is 3. The van der Waals surface area contributed by atoms with Gasteiger partial charge in [0.05, 0.1) is 0 Å². The fourth-order valence-electron chi connectivity index (χ4n) is 0.174. The van der Waals surface area contributed by atoms with Crippen molar-refractivity contribution < 1.29 is 9.90 Å². The summed E-state index contributed by atoms with van der Waals surface area (Å²) in [5, 5.41) is 8.34. The molecule has 46 valence electrons. The van der Waals surface area contributed by atoms with Gasteiger partial charge in [0.15, 0.2) is 0 Å². The number of halogens is 1. The molecule has 1 unspecified atom stereocenters. The van der Waals surface area contributed by atoms with Gasteiger partial charge in [-0.15, -0.1) is 0 Å². The second-order valence-electron chi connectivity index (χ2n) is 1.15. The number of carbonyl (C=O) groups excluding carboxylic acids is 1. The number of rotatable bonds is 2. The van der Waals surface area contributed by atoms with Gasteiger partial charge in [0.2, 0.25) is 3.79 Å². The van der Waals surface area contributed by atoms with E-state index in [0.29, 0.717) is 0 Å². The molecule has 3 N–H and O–H groups in total. The van der Waals surface area contributed by atoms with Gasteiger partial charge in [0.1, 0.15) is 6.23 Å². The summed E-state index contributed by atoms with van der Waals surface area (Å²) in [5.74, 6) is 0. The molecule has 0 fully saturated rings. The highest BCUT2D eigenvalue weighted by Crippen LogP contribution is 1.86. The molecule has 0 spiro atoms. The van der Waals surface area contributed by atoms with Gasteiger partial charge in [-0.1, -0.05) is 0 Å². The molecule has 0 aliphatic heterocycles. The van der Waals surface area contributed by atoms with Crippen LogP contribution < -0.4 is 5.73 Å². The SMILES string of the molecule is NC(O)/C=C\C(=O)I. The molecule has 0 aromatic heterocycles. The molecule has 0 aromatic carbocycles. The smallest absolute Gasteiger partial charge is 0.215 e. The van der Waals surface area contributed by atoms with Crippen molar-refractivity contribution in [3.05, 3.63) is 12.2 Å². The first kappa shape index (κ1) is 8.06. The topological polar surface area (TPSA) is 63.3 Å². The van der Waals surface area contributed by atoms with Crippen LogP contribution in [0.3, 0.4) is 0 Å². The van der Waals surface area contributed by atoms with Crippen LogP contribution in [0.2, 0.25) is 0 Å². The van der Waals surface area contributed by atoms with Crippen LogP contribution in [0.1, 0.15) is 0 Å². The van der Waals surface area contributed by atoms with Crippen molar-refractivity contribution >= 4 is 26.4 Å². The van der Waals surface area contributed by atoms with Crippen molar-refractivity contribution in [2.24, 2.45) is 5.73 Å². The van der Waals surface area contributed by atoms with Gasteiger partial charge in [-0.25, -0.2) is 0 Å². The third-order valence-corrected chi connectivity index (χ3v) is 0.784. The second kappa shape index (κ2) is 3.99. The van der Waals surface area contributed by atoms with E-state index >= 15 is 0 Å². The quantitative estimate of drug-likeness (QED) is 0.296. The molecular weight excluding hydrogens is 221 g/mol. The van der Waals surface area contributed by atoms with Gasteiger partial charge >= 0.3 is 0 Å². The Balaban J connectivity index is 3.50. The van der Waals surface area contributed by atoms with E-state index in [-0.39, 0.29) is 3.79 Å². The van der Waals surface area contributed by atoms with E-state index in [0.717, 1.165) is 0 Å². The maximum Gasteiger partial charge on any atom is 0.215 e. The fraction of sp³-hybridized carbons (Fsp3) is 0.250. The van der Waals surface area contributed by atoms with Crippen LogP contribution >= 0.6 is 22.6 Å². The van der Waals surface area contributed by atoms with Gasteiger partial charge in [0.25, 0.3) is 0 Å². The number of allylic oxidation sites excluding steroid dienone is 1. The molecular formula is C4H6INO2. The summed E-state index contributed by atoms with van der Waals surface area (Å²) in [4.78, 5) is 10.1. The summed E-state index contributed by atoms with van der Waals surface area (Å²) in [7, 11) is 0. The predicted octanol–water partition coefficient (Wildman–Crippen LogP) is -0.219. The molecule has 0 aliphatic carbocycles. The van der Waals surface area contributed by atoms with Crippen molar-refractivity contribution in [3.8, 4) is 0 Å². The summed E-state index contributed by atoms with van der Waals surface area (Å²) in [6, 6.07) is 0. The lowest BCUT2D eigenvalue weighted by atomic mass is 10.5. The molecule has 0 radical (unpaired) electrons. The van der Waals surface area contributed by atoms with Crippen molar-refractivity contribution in [3.63, 3.8) is 0 Å². The molecule has 0 saturated carbocycles. The Morgan fingerprint density at radius 1 is 1.88 bits per heavy atom. The molecule has 4 heteroatoms. The van der Waals surface area contributed by atoms with Gasteiger partial charge in [-0.05, 0) is 12.2 Å². The predicted molar refractivity (Wildman–Crippen MR) is 38.4 cm³/mol. The number of aliphatic hydroxyl groups excluding tert-OH is 1. The highest BCUT2D eigenvalue weighted by molar-refractivity contribution is 14.1. The number of hydrogen-bond donors (Lipinski definition) is 2. The lowest BCUT2D eigenvalue weighted by Gasteiger charge is -1.89. The summed E-state index contributed by atoms with van der Waals surface area (Å²) in [5.41, 5.74) is 4.85. The molecule has 8 heavy (non-hydrogen) atoms. The van der Waals surface area contributed by atoms with Crippen molar-refractivity contribution in [1.29, 1.82) is 0 Å². The van der Waals surface area contributed by atoms with Gasteiger partial charge in [-0.3, -0.25) is 4.79 Å². The van der Waals surface area contributed by atoms with Crippen LogP contribution in [0.15, 0.2) is 12.2 Å². The van der Waals surface area contributed by atoms with Crippen LogP contribution in [0.25, 0.3) is 0 Å². The third kappa shape index (κ3) is 6.06. The minimum absolute atomic E-state index is 0.146. The van der Waals surface area contributed by atoms with Gasteiger partial charge in [-0.2, -0.15) is 0 Å². The fourth-order valence-corrected chi connectivity index (χ4v) is 0.382. The average molecular weight is 227 g/mol. The number of carbonyl (C=O) groups is 1. The van der Waals surface area contributed by atoms with E-state index < -0.39 is 6.23 Å². The molecule has 0 rings (SSSR count). The minimum atomic E-state index is -1.02. The Hall–Kier alpha value is 0.0600. The van der Waals surface area contributed by atoms with E-state index in [1.165, 1.54) is 12.2 Å². The van der Waals surface area contributed by atoms with Crippen LogP contribution in [0.5, 0.6) is 0 Å². The normalized spacial score (nSPS) is 14.4. The van der Waals surface area contributed by atoms with Gasteiger partial charge in [0, 0.05) is 22.6 Å². The molecule has 1 atom stereocenters. The lowest BCUT2D eigenvalue weighted by molar-refractivity contribution is -0.105. The Morgan fingerprint density at radius 2 is 2.38 bits per heavy atom. The summed E-state index contributed by atoms with van der Waals surface area (Å²) in [6.45, 7) is 0.